The Morgan fingerprint density at radius 2 is 0.701 bits per heavy atom. The normalized spacial score (nSPS) is 11.6. The van der Waals surface area contributed by atoms with Crippen molar-refractivity contribution in [2.75, 3.05) is 4.90 Å². The third kappa shape index (κ3) is 6.25. The molecule has 0 bridgehead atoms. The minimum Gasteiger partial charge on any atom is -0.310 e. The van der Waals surface area contributed by atoms with Gasteiger partial charge in [0.1, 0.15) is 0 Å². The standard InChI is InChI=1S/C65H40N2/c66-41-42-28-33-48(34-29-42)67(63-27-13-17-44-14-1-6-20-52(44)63)49-35-30-43(31-36-49)45-32-37-59-62(38-45)65(61-40-47-16-3-5-19-51(47)54-22-8-10-24-56(54)61)58-26-12-11-25-57(58)64(59)60-39-46-15-2-4-18-50(46)53-21-7-9-23-55(53)60/h1-40H. The Labute approximate surface area is 388 Å². The van der Waals surface area contributed by atoms with Crippen molar-refractivity contribution < 1.29 is 0 Å². The summed E-state index contributed by atoms with van der Waals surface area (Å²) in [7, 11) is 0. The number of rotatable bonds is 6. The van der Waals surface area contributed by atoms with E-state index in [0.29, 0.717) is 5.56 Å². The van der Waals surface area contributed by atoms with Gasteiger partial charge in [-0.2, -0.15) is 5.26 Å². The lowest BCUT2D eigenvalue weighted by atomic mass is 9.81. The van der Waals surface area contributed by atoms with Gasteiger partial charge in [-0.25, -0.2) is 0 Å². The van der Waals surface area contributed by atoms with Crippen molar-refractivity contribution in [2.45, 2.75) is 0 Å². The summed E-state index contributed by atoms with van der Waals surface area (Å²) in [6.45, 7) is 0. The molecular formula is C65H40N2. The van der Waals surface area contributed by atoms with E-state index < -0.39 is 0 Å². The van der Waals surface area contributed by atoms with Crippen molar-refractivity contribution in [1.82, 2.24) is 0 Å². The fourth-order valence-corrected chi connectivity index (χ4v) is 10.8. The lowest BCUT2D eigenvalue weighted by Gasteiger charge is -2.27. The van der Waals surface area contributed by atoms with E-state index in [0.717, 1.165) is 33.6 Å². The highest BCUT2D eigenvalue weighted by Gasteiger charge is 2.22. The lowest BCUT2D eigenvalue weighted by molar-refractivity contribution is 1.29. The number of hydrogen-bond acceptors (Lipinski definition) is 2. The van der Waals surface area contributed by atoms with Gasteiger partial charge >= 0.3 is 0 Å². The molecule has 0 spiro atoms. The predicted octanol–water partition coefficient (Wildman–Crippen LogP) is 18.1. The van der Waals surface area contributed by atoms with Crippen LogP contribution in [0.3, 0.4) is 0 Å². The predicted molar refractivity (Wildman–Crippen MR) is 285 cm³/mol. The molecule has 0 aliphatic carbocycles. The summed E-state index contributed by atoms with van der Waals surface area (Å²) in [4.78, 5) is 2.29. The third-order valence-electron chi connectivity index (χ3n) is 13.8. The van der Waals surface area contributed by atoms with Crippen molar-refractivity contribution >= 4 is 92.5 Å². The van der Waals surface area contributed by atoms with Gasteiger partial charge in [-0.05, 0) is 164 Å². The van der Waals surface area contributed by atoms with Crippen molar-refractivity contribution in [1.29, 1.82) is 5.26 Å². The van der Waals surface area contributed by atoms with Gasteiger partial charge in [0.2, 0.25) is 0 Å². The quantitative estimate of drug-likeness (QED) is 0.123. The summed E-state index contributed by atoms with van der Waals surface area (Å²) >= 11 is 0. The zero-order valence-electron chi connectivity index (χ0n) is 36.5. The molecule has 0 saturated heterocycles. The van der Waals surface area contributed by atoms with E-state index in [2.05, 4.69) is 229 Å². The van der Waals surface area contributed by atoms with Crippen LogP contribution < -0.4 is 4.90 Å². The molecule has 13 aromatic carbocycles. The molecule has 2 heteroatoms. The fraction of sp³-hybridized carbons (Fsp3) is 0. The molecule has 13 aromatic rings. The molecule has 0 saturated carbocycles. The molecular weight excluding hydrogens is 809 g/mol. The fourth-order valence-electron chi connectivity index (χ4n) is 10.8. The molecule has 2 nitrogen and oxygen atoms in total. The molecule has 0 unspecified atom stereocenters. The SMILES string of the molecule is N#Cc1ccc(N(c2ccc(-c3ccc4c(-c5cc6ccccc6c6ccccc56)c5ccccc5c(-c5cc6ccccc6c6ccccc56)c4c3)cc2)c2cccc3ccccc23)cc1. The number of nitriles is 1. The zero-order chi connectivity index (χ0) is 44.4. The third-order valence-corrected chi connectivity index (χ3v) is 13.8. The molecule has 0 aliphatic rings. The van der Waals surface area contributed by atoms with Gasteiger partial charge in [-0.1, -0.05) is 182 Å². The molecule has 0 fully saturated rings. The molecule has 0 aliphatic heterocycles. The number of benzene rings is 13. The maximum Gasteiger partial charge on any atom is 0.0991 e. The summed E-state index contributed by atoms with van der Waals surface area (Å²) in [5, 5.41) is 26.8. The molecule has 13 rings (SSSR count). The van der Waals surface area contributed by atoms with Gasteiger partial charge in [-0.15, -0.1) is 0 Å². The Kier molecular flexibility index (Phi) is 8.95. The van der Waals surface area contributed by atoms with Crippen LogP contribution in [-0.2, 0) is 0 Å². The topological polar surface area (TPSA) is 27.0 Å². The summed E-state index contributed by atoms with van der Waals surface area (Å²) in [5.74, 6) is 0. The Hall–Kier alpha value is -9.03. The van der Waals surface area contributed by atoms with Gasteiger partial charge in [0, 0.05) is 16.8 Å². The van der Waals surface area contributed by atoms with Crippen molar-refractivity contribution in [3.8, 4) is 39.4 Å². The Bertz CT molecular complexity index is 4150. The second kappa shape index (κ2) is 15.6. The molecule has 0 radical (unpaired) electrons. The average molecular weight is 849 g/mol. The molecule has 0 atom stereocenters. The zero-order valence-corrected chi connectivity index (χ0v) is 36.5. The molecule has 0 aromatic heterocycles. The van der Waals surface area contributed by atoms with E-state index >= 15 is 0 Å². The summed E-state index contributed by atoms with van der Waals surface area (Å²) in [6.07, 6.45) is 0. The van der Waals surface area contributed by atoms with Crippen LogP contribution in [0, 0.1) is 11.3 Å². The Morgan fingerprint density at radius 1 is 0.284 bits per heavy atom. The minimum atomic E-state index is 0.633. The first-order chi connectivity index (χ1) is 33.2. The van der Waals surface area contributed by atoms with Crippen LogP contribution in [0.1, 0.15) is 5.56 Å². The minimum absolute atomic E-state index is 0.633. The molecule has 0 N–H and O–H groups in total. The second-order valence-corrected chi connectivity index (χ2v) is 17.5. The van der Waals surface area contributed by atoms with Crippen LogP contribution in [-0.4, -0.2) is 0 Å². The first-order valence-corrected chi connectivity index (χ1v) is 22.9. The van der Waals surface area contributed by atoms with E-state index in [-0.39, 0.29) is 0 Å². The highest BCUT2D eigenvalue weighted by Crippen LogP contribution is 2.50. The summed E-state index contributed by atoms with van der Waals surface area (Å²) in [6, 6.07) is 90.4. The van der Waals surface area contributed by atoms with Gasteiger partial charge in [0.25, 0.3) is 0 Å². The van der Waals surface area contributed by atoms with E-state index in [1.54, 1.807) is 0 Å². The number of hydrogen-bond donors (Lipinski definition) is 0. The highest BCUT2D eigenvalue weighted by atomic mass is 15.1. The van der Waals surface area contributed by atoms with Crippen molar-refractivity contribution in [2.24, 2.45) is 0 Å². The largest absolute Gasteiger partial charge is 0.310 e. The Balaban J connectivity index is 1.07. The van der Waals surface area contributed by atoms with E-state index in [1.807, 2.05) is 24.3 Å². The van der Waals surface area contributed by atoms with Crippen molar-refractivity contribution in [3.05, 3.63) is 248 Å². The van der Waals surface area contributed by atoms with Crippen LogP contribution in [0.5, 0.6) is 0 Å². The van der Waals surface area contributed by atoms with E-state index in [4.69, 9.17) is 0 Å². The van der Waals surface area contributed by atoms with Crippen LogP contribution in [0.4, 0.5) is 17.1 Å². The van der Waals surface area contributed by atoms with E-state index in [1.165, 1.54) is 92.3 Å². The van der Waals surface area contributed by atoms with Gasteiger partial charge in [0.15, 0.2) is 0 Å². The molecule has 0 amide bonds. The number of anilines is 3. The second-order valence-electron chi connectivity index (χ2n) is 17.5. The maximum atomic E-state index is 9.66. The average Bonchev–Trinajstić information content (AvgIpc) is 3.40. The Morgan fingerprint density at radius 3 is 1.27 bits per heavy atom. The van der Waals surface area contributed by atoms with Crippen LogP contribution in [0.25, 0.3) is 109 Å². The molecule has 0 heterocycles. The summed E-state index contributed by atoms with van der Waals surface area (Å²) < 4.78 is 0. The van der Waals surface area contributed by atoms with Gasteiger partial charge < -0.3 is 4.90 Å². The first kappa shape index (κ1) is 38.4. The van der Waals surface area contributed by atoms with E-state index in [9.17, 15) is 5.26 Å². The van der Waals surface area contributed by atoms with Crippen molar-refractivity contribution in [3.63, 3.8) is 0 Å². The van der Waals surface area contributed by atoms with Crippen LogP contribution in [0.2, 0.25) is 0 Å². The monoisotopic (exact) mass is 848 g/mol. The number of fused-ring (bicyclic) bond motifs is 9. The molecule has 67 heavy (non-hydrogen) atoms. The maximum absolute atomic E-state index is 9.66. The van der Waals surface area contributed by atoms with Gasteiger partial charge in [-0.3, -0.25) is 0 Å². The number of nitrogens with zero attached hydrogens (tertiary/aromatic N) is 2. The smallest absolute Gasteiger partial charge is 0.0991 e. The van der Waals surface area contributed by atoms with Crippen LogP contribution in [0.15, 0.2) is 243 Å². The van der Waals surface area contributed by atoms with Crippen LogP contribution >= 0.6 is 0 Å². The van der Waals surface area contributed by atoms with Gasteiger partial charge in [0.05, 0.1) is 17.3 Å². The lowest BCUT2D eigenvalue weighted by Crippen LogP contribution is -2.10. The first-order valence-electron chi connectivity index (χ1n) is 22.9. The highest BCUT2D eigenvalue weighted by molar-refractivity contribution is 6.28. The summed E-state index contributed by atoms with van der Waals surface area (Å²) in [5.41, 5.74) is 11.0. The molecule has 310 valence electrons.